The van der Waals surface area contributed by atoms with Crippen LogP contribution in [0.2, 0.25) is 0 Å². The number of alkyl halides is 1. The lowest BCUT2D eigenvalue weighted by molar-refractivity contribution is -0.141. The molecule has 1 amide bonds. The fourth-order valence-corrected chi connectivity index (χ4v) is 5.07. The van der Waals surface area contributed by atoms with Crippen LogP contribution in [0.25, 0.3) is 10.8 Å². The Hall–Kier alpha value is -3.86. The van der Waals surface area contributed by atoms with E-state index >= 15 is 0 Å². The minimum atomic E-state index is -1.01. The van der Waals surface area contributed by atoms with E-state index in [4.69, 9.17) is 20.2 Å². The Labute approximate surface area is 225 Å². The van der Waals surface area contributed by atoms with Gasteiger partial charge < -0.3 is 25.4 Å². The molecule has 5 heterocycles. The minimum Gasteiger partial charge on any atom is -0.470 e. The lowest BCUT2D eigenvalue weighted by Gasteiger charge is -2.39. The van der Waals surface area contributed by atoms with Crippen molar-refractivity contribution in [1.29, 1.82) is 0 Å². The van der Waals surface area contributed by atoms with Crippen molar-refractivity contribution in [1.82, 2.24) is 19.9 Å². The maximum absolute atomic E-state index is 13.3. The van der Waals surface area contributed by atoms with E-state index in [-0.39, 0.29) is 36.0 Å². The third-order valence-corrected chi connectivity index (χ3v) is 7.90. The largest absolute Gasteiger partial charge is 0.470 e. The average Bonchev–Trinajstić information content (AvgIpc) is 3.64. The number of carbonyl (C=O) groups is 2. The second-order valence-corrected chi connectivity index (χ2v) is 10.6. The summed E-state index contributed by atoms with van der Waals surface area (Å²) in [7, 11) is 0. The third-order valence-electron chi connectivity index (χ3n) is 7.90. The first-order valence-corrected chi connectivity index (χ1v) is 13.4. The van der Waals surface area contributed by atoms with Gasteiger partial charge in [0.15, 0.2) is 0 Å². The normalized spacial score (nSPS) is 24.9. The number of nitrogens with two attached hydrogens (primary N) is 1. The van der Waals surface area contributed by atoms with Crippen molar-refractivity contribution in [3.63, 3.8) is 0 Å². The summed E-state index contributed by atoms with van der Waals surface area (Å²) in [4.78, 5) is 39.9. The van der Waals surface area contributed by atoms with Crippen molar-refractivity contribution in [2.75, 3.05) is 18.4 Å². The number of carbonyl (C=O) groups excluding carboxylic acids is 2. The number of pyridine rings is 3. The topological polar surface area (TPSA) is 133 Å². The highest BCUT2D eigenvalue weighted by Crippen LogP contribution is 2.38. The van der Waals surface area contributed by atoms with Gasteiger partial charge in [-0.2, -0.15) is 0 Å². The number of esters is 1. The molecule has 0 bridgehead atoms. The molecule has 204 valence electrons. The van der Waals surface area contributed by atoms with Crippen molar-refractivity contribution in [2.24, 2.45) is 11.7 Å². The van der Waals surface area contributed by atoms with Crippen molar-refractivity contribution in [3.05, 3.63) is 47.4 Å². The zero-order valence-electron chi connectivity index (χ0n) is 22.1. The van der Waals surface area contributed by atoms with E-state index in [0.717, 1.165) is 17.4 Å². The van der Waals surface area contributed by atoms with Crippen LogP contribution >= 0.6 is 0 Å². The first-order chi connectivity index (χ1) is 18.7. The quantitative estimate of drug-likeness (QED) is 0.435. The number of hydrogen-bond acceptors (Lipinski definition) is 9. The first kappa shape index (κ1) is 25.4. The predicted molar refractivity (Wildman–Crippen MR) is 142 cm³/mol. The molecule has 2 fully saturated rings. The van der Waals surface area contributed by atoms with Crippen LogP contribution in [0.4, 0.5) is 16.0 Å². The Bertz CT molecular complexity index is 1460. The number of ether oxygens (including phenoxy) is 2. The van der Waals surface area contributed by atoms with Crippen LogP contribution in [0.3, 0.4) is 0 Å². The molecule has 3 N–H and O–H groups in total. The molecule has 0 radical (unpaired) electrons. The van der Waals surface area contributed by atoms with E-state index in [1.807, 2.05) is 26.8 Å². The third kappa shape index (κ3) is 4.64. The number of fused-ring (bicyclic) bond motifs is 2. The average molecular weight is 535 g/mol. The van der Waals surface area contributed by atoms with E-state index in [0.29, 0.717) is 53.7 Å². The van der Waals surface area contributed by atoms with Crippen LogP contribution in [-0.2, 0) is 9.53 Å². The lowest BCUT2D eigenvalue weighted by atomic mass is 9.94. The number of likely N-dealkylation sites (tertiary alicyclic amines) is 1. The van der Waals surface area contributed by atoms with Crippen molar-refractivity contribution in [3.8, 4) is 5.88 Å². The number of hydrogen-bond donors (Lipinski definition) is 2. The Morgan fingerprint density at radius 1 is 1.23 bits per heavy atom. The van der Waals surface area contributed by atoms with E-state index in [1.165, 1.54) is 0 Å². The smallest absolute Gasteiger partial charge is 0.340 e. The summed E-state index contributed by atoms with van der Waals surface area (Å²) in [6.07, 6.45) is 2.96. The SMILES string of the molecule is CC[C@@H](N)c1cnc(OC2CN(C(=O)[C@@H]3C[C@@H]3F)C2)c2cnc(Nc3ccc4c(n3)[C@@H](C)[C@H](C)OC4=O)cc12. The van der Waals surface area contributed by atoms with Gasteiger partial charge in [-0.25, -0.2) is 24.1 Å². The fraction of sp³-hybridized carbons (Fsp3) is 0.464. The van der Waals surface area contributed by atoms with E-state index < -0.39 is 12.1 Å². The maximum Gasteiger partial charge on any atom is 0.340 e. The van der Waals surface area contributed by atoms with Gasteiger partial charge in [-0.3, -0.25) is 4.79 Å². The van der Waals surface area contributed by atoms with Crippen LogP contribution in [0.15, 0.2) is 30.6 Å². The number of halogens is 1. The van der Waals surface area contributed by atoms with Crippen molar-refractivity contribution >= 4 is 34.3 Å². The van der Waals surface area contributed by atoms with E-state index in [9.17, 15) is 14.0 Å². The minimum absolute atomic E-state index is 0.0376. The Morgan fingerprint density at radius 2 is 2.00 bits per heavy atom. The van der Waals surface area contributed by atoms with Crippen LogP contribution < -0.4 is 15.8 Å². The molecule has 3 aliphatic rings. The number of aromatic nitrogens is 3. The zero-order valence-corrected chi connectivity index (χ0v) is 22.1. The number of nitrogens with zero attached hydrogens (tertiary/aromatic N) is 4. The van der Waals surface area contributed by atoms with Gasteiger partial charge in [0, 0.05) is 24.4 Å². The molecule has 0 unspecified atom stereocenters. The molecule has 6 rings (SSSR count). The second-order valence-electron chi connectivity index (χ2n) is 10.6. The summed E-state index contributed by atoms with van der Waals surface area (Å²) in [5.74, 6) is 0.501. The molecule has 0 spiro atoms. The highest BCUT2D eigenvalue weighted by molar-refractivity contribution is 5.93. The molecule has 3 aromatic rings. The number of anilines is 2. The first-order valence-electron chi connectivity index (χ1n) is 13.4. The van der Waals surface area contributed by atoms with Crippen molar-refractivity contribution < 1.29 is 23.5 Å². The number of cyclic esters (lactones) is 1. The van der Waals surface area contributed by atoms with Gasteiger partial charge >= 0.3 is 5.97 Å². The zero-order chi connectivity index (χ0) is 27.4. The maximum atomic E-state index is 13.3. The summed E-state index contributed by atoms with van der Waals surface area (Å²) in [6, 6.07) is 5.10. The van der Waals surface area contributed by atoms with Crippen LogP contribution in [0.1, 0.15) is 67.2 Å². The van der Waals surface area contributed by atoms with Gasteiger partial charge in [-0.15, -0.1) is 0 Å². The Balaban J connectivity index is 1.25. The molecule has 39 heavy (non-hydrogen) atoms. The molecule has 5 atom stereocenters. The number of amides is 1. The number of rotatable bonds is 7. The van der Waals surface area contributed by atoms with Crippen LogP contribution in [0.5, 0.6) is 5.88 Å². The van der Waals surface area contributed by atoms with Gasteiger partial charge in [0.1, 0.15) is 30.0 Å². The molecule has 1 saturated carbocycles. The van der Waals surface area contributed by atoms with Gasteiger partial charge in [0.25, 0.3) is 0 Å². The summed E-state index contributed by atoms with van der Waals surface area (Å²) in [5.41, 5.74) is 8.44. The standard InChI is InChI=1S/C28H31FN6O4/c1-4-22(30)19-9-32-26(39-15-11-35(12-15)27(36)18-7-21(18)29)20-10-31-24(8-17(19)20)33-23-6-5-16-25(34-23)13(2)14(3)38-28(16)37/h5-6,8-10,13-15,18,21-22H,4,7,11-12,30H2,1-3H3,(H,31,33,34)/t13-,14-,18+,21-,22+/m0/s1. The van der Waals surface area contributed by atoms with Crippen molar-refractivity contribution in [2.45, 2.75) is 64.0 Å². The lowest BCUT2D eigenvalue weighted by Crippen LogP contribution is -2.56. The Kier molecular flexibility index (Phi) is 6.33. The molecule has 11 heteroatoms. The fourth-order valence-electron chi connectivity index (χ4n) is 5.07. The Morgan fingerprint density at radius 3 is 2.72 bits per heavy atom. The summed E-state index contributed by atoms with van der Waals surface area (Å²) in [5, 5.41) is 4.81. The number of nitrogens with one attached hydrogen (secondary N) is 1. The monoisotopic (exact) mass is 534 g/mol. The predicted octanol–water partition coefficient (Wildman–Crippen LogP) is 3.79. The molecule has 0 aromatic carbocycles. The summed E-state index contributed by atoms with van der Waals surface area (Å²) in [6.45, 7) is 6.66. The molecule has 2 aliphatic heterocycles. The summed E-state index contributed by atoms with van der Waals surface area (Å²) >= 11 is 0. The second kappa shape index (κ2) is 9.71. The molecule has 1 saturated heterocycles. The highest BCUT2D eigenvalue weighted by Gasteiger charge is 2.48. The molecule has 10 nitrogen and oxygen atoms in total. The van der Waals surface area contributed by atoms with Gasteiger partial charge in [-0.1, -0.05) is 13.8 Å². The molecular formula is C28H31FN6O4. The van der Waals surface area contributed by atoms with Gasteiger partial charge in [0.2, 0.25) is 11.8 Å². The van der Waals surface area contributed by atoms with E-state index in [2.05, 4.69) is 15.3 Å². The molecular weight excluding hydrogens is 503 g/mol. The molecule has 1 aliphatic carbocycles. The highest BCUT2D eigenvalue weighted by atomic mass is 19.1. The van der Waals surface area contributed by atoms with E-state index in [1.54, 1.807) is 29.4 Å². The van der Waals surface area contributed by atoms with Crippen LogP contribution in [-0.4, -0.2) is 63.2 Å². The molecule has 3 aromatic heterocycles. The van der Waals surface area contributed by atoms with Gasteiger partial charge in [0.05, 0.1) is 35.7 Å². The van der Waals surface area contributed by atoms with Gasteiger partial charge in [-0.05, 0) is 48.9 Å². The summed E-state index contributed by atoms with van der Waals surface area (Å²) < 4.78 is 24.8. The van der Waals surface area contributed by atoms with Crippen LogP contribution in [0, 0.1) is 5.92 Å².